The number of carbonyl (C=O) groups is 3. The first-order valence-electron chi connectivity index (χ1n) is 10.2. The first-order valence-corrected chi connectivity index (χ1v) is 10.2. The molecule has 0 radical (unpaired) electrons. The van der Waals surface area contributed by atoms with Crippen molar-refractivity contribution in [1.82, 2.24) is 10.2 Å². The normalized spacial score (nSPS) is 23.9. The molecule has 2 saturated heterocycles. The third-order valence-corrected chi connectivity index (χ3v) is 5.92. The summed E-state index contributed by atoms with van der Waals surface area (Å²) >= 11 is 0. The Morgan fingerprint density at radius 1 is 1.27 bits per heavy atom. The van der Waals surface area contributed by atoms with Crippen LogP contribution in [0.3, 0.4) is 0 Å². The first kappa shape index (κ1) is 23.6. The van der Waals surface area contributed by atoms with Crippen LogP contribution in [0.1, 0.15) is 45.1 Å². The van der Waals surface area contributed by atoms with E-state index in [0.717, 1.165) is 24.8 Å². The average molecular weight is 417 g/mol. The zero-order valence-electron chi connectivity index (χ0n) is 18.0. The van der Waals surface area contributed by atoms with Gasteiger partial charge in [0.05, 0.1) is 5.41 Å². The zero-order valence-corrected chi connectivity index (χ0v) is 18.0. The number of benzene rings is 1. The highest BCUT2D eigenvalue weighted by atomic mass is 16.5. The van der Waals surface area contributed by atoms with E-state index in [9.17, 15) is 9.59 Å². The van der Waals surface area contributed by atoms with Crippen LogP contribution in [0.5, 0.6) is 0 Å². The number of rotatable bonds is 7. The zero-order chi connectivity index (χ0) is 22.1. The summed E-state index contributed by atoms with van der Waals surface area (Å²) in [5.74, 6) is 0.0613. The van der Waals surface area contributed by atoms with E-state index in [1.165, 1.54) is 5.57 Å². The van der Waals surface area contributed by atoms with Crippen molar-refractivity contribution in [3.05, 3.63) is 47.5 Å². The summed E-state index contributed by atoms with van der Waals surface area (Å²) in [6.07, 6.45) is 5.41. The summed E-state index contributed by atoms with van der Waals surface area (Å²) in [5, 5.41) is 10.0. The molecule has 7 heteroatoms. The maximum absolute atomic E-state index is 13.4. The van der Waals surface area contributed by atoms with E-state index in [1.807, 2.05) is 35.2 Å². The smallest absolute Gasteiger partial charge is 0.290 e. The third kappa shape index (κ3) is 5.27. The summed E-state index contributed by atoms with van der Waals surface area (Å²) in [4.78, 5) is 36.2. The summed E-state index contributed by atoms with van der Waals surface area (Å²) in [7, 11) is 1.54. The van der Waals surface area contributed by atoms with Crippen LogP contribution >= 0.6 is 0 Å². The van der Waals surface area contributed by atoms with Gasteiger partial charge in [-0.15, -0.1) is 0 Å². The van der Waals surface area contributed by atoms with Gasteiger partial charge in [-0.25, -0.2) is 0 Å². The molecule has 0 saturated carbocycles. The predicted octanol–water partition coefficient (Wildman–Crippen LogP) is 2.76. The molecule has 2 aliphatic heterocycles. The van der Waals surface area contributed by atoms with Gasteiger partial charge in [-0.3, -0.25) is 14.4 Å². The van der Waals surface area contributed by atoms with Crippen molar-refractivity contribution < 1.29 is 24.2 Å². The fraction of sp³-hybridized carbons (Fsp3) is 0.522. The second kappa shape index (κ2) is 10.9. The van der Waals surface area contributed by atoms with Gasteiger partial charge in [0.1, 0.15) is 6.61 Å². The number of nitrogens with zero attached hydrogens (tertiary/aromatic N) is 1. The van der Waals surface area contributed by atoms with Crippen molar-refractivity contribution >= 4 is 18.3 Å². The predicted molar refractivity (Wildman–Crippen MR) is 114 cm³/mol. The van der Waals surface area contributed by atoms with E-state index in [0.29, 0.717) is 13.0 Å². The van der Waals surface area contributed by atoms with Crippen LogP contribution in [0.4, 0.5) is 0 Å². The molecule has 2 fully saturated rings. The summed E-state index contributed by atoms with van der Waals surface area (Å²) in [5.41, 5.74) is 1.74. The Morgan fingerprint density at radius 2 is 1.93 bits per heavy atom. The van der Waals surface area contributed by atoms with Gasteiger partial charge in [0, 0.05) is 25.7 Å². The van der Waals surface area contributed by atoms with Gasteiger partial charge in [0.2, 0.25) is 11.8 Å². The molecule has 2 aliphatic rings. The fourth-order valence-electron chi connectivity index (χ4n) is 4.65. The molecule has 7 nitrogen and oxygen atoms in total. The van der Waals surface area contributed by atoms with Gasteiger partial charge in [-0.05, 0) is 45.1 Å². The number of hydrogen-bond donors (Lipinski definition) is 2. The van der Waals surface area contributed by atoms with Gasteiger partial charge in [-0.1, -0.05) is 42.0 Å². The molecule has 2 N–H and O–H groups in total. The van der Waals surface area contributed by atoms with Crippen molar-refractivity contribution in [3.63, 3.8) is 0 Å². The van der Waals surface area contributed by atoms with Crippen molar-refractivity contribution in [1.29, 1.82) is 0 Å². The highest BCUT2D eigenvalue weighted by Gasteiger charge is 2.60. The molecule has 0 unspecified atom stereocenters. The maximum Gasteiger partial charge on any atom is 0.290 e. The van der Waals surface area contributed by atoms with Crippen LogP contribution in [0.15, 0.2) is 42.0 Å². The molecule has 164 valence electrons. The number of hydrogen-bond acceptors (Lipinski definition) is 4. The SMILES string of the molecule is COCC(=O)N1[C@H]2CC[C@@H]1[C@](CC=C(C)C)(C(=O)NCc1ccccc1)C2.O=CO. The number of carboxylic acid groups (broad SMARTS) is 1. The molecule has 0 aromatic heterocycles. The largest absolute Gasteiger partial charge is 0.483 e. The highest BCUT2D eigenvalue weighted by molar-refractivity contribution is 5.87. The van der Waals surface area contributed by atoms with Crippen LogP contribution in [-0.4, -0.2) is 54.1 Å². The number of carbonyl (C=O) groups excluding carboxylic acids is 2. The van der Waals surface area contributed by atoms with Gasteiger partial charge in [-0.2, -0.15) is 0 Å². The average Bonchev–Trinajstić information content (AvgIpc) is 3.29. The van der Waals surface area contributed by atoms with E-state index in [4.69, 9.17) is 14.6 Å². The minimum Gasteiger partial charge on any atom is -0.483 e. The molecular weight excluding hydrogens is 384 g/mol. The Balaban J connectivity index is 0.00000101. The summed E-state index contributed by atoms with van der Waals surface area (Å²) < 4.78 is 5.07. The van der Waals surface area contributed by atoms with Gasteiger partial charge in [0.15, 0.2) is 0 Å². The number of nitrogens with one attached hydrogen (secondary N) is 1. The lowest BCUT2D eigenvalue weighted by atomic mass is 9.70. The molecule has 2 amide bonds. The van der Waals surface area contributed by atoms with Gasteiger partial charge in [0.25, 0.3) is 6.47 Å². The van der Waals surface area contributed by atoms with Crippen molar-refractivity contribution in [3.8, 4) is 0 Å². The lowest BCUT2D eigenvalue weighted by Crippen LogP contribution is -2.50. The number of ether oxygens (including phenoxy) is 1. The molecule has 0 spiro atoms. The van der Waals surface area contributed by atoms with Crippen LogP contribution in [-0.2, 0) is 25.7 Å². The molecular formula is C23H32N2O5. The Hall–Kier alpha value is -2.67. The second-order valence-electron chi connectivity index (χ2n) is 8.10. The quantitative estimate of drug-likeness (QED) is 0.526. The Labute approximate surface area is 178 Å². The molecule has 2 heterocycles. The molecule has 30 heavy (non-hydrogen) atoms. The topological polar surface area (TPSA) is 95.9 Å². The van der Waals surface area contributed by atoms with E-state index in [1.54, 1.807) is 7.11 Å². The van der Waals surface area contributed by atoms with E-state index < -0.39 is 5.41 Å². The number of fused-ring (bicyclic) bond motifs is 2. The lowest BCUT2D eigenvalue weighted by molar-refractivity contribution is -0.139. The van der Waals surface area contributed by atoms with Crippen LogP contribution in [0.25, 0.3) is 0 Å². The Bertz CT molecular complexity index is 760. The minimum absolute atomic E-state index is 0.0000608. The van der Waals surface area contributed by atoms with Crippen LogP contribution in [0, 0.1) is 5.41 Å². The van der Waals surface area contributed by atoms with Crippen molar-refractivity contribution in [2.24, 2.45) is 5.41 Å². The number of methoxy groups -OCH3 is 1. The molecule has 0 aliphatic carbocycles. The summed E-state index contributed by atoms with van der Waals surface area (Å²) in [6, 6.07) is 10.0. The molecule has 3 atom stereocenters. The lowest BCUT2D eigenvalue weighted by Gasteiger charge is -2.35. The minimum atomic E-state index is -0.543. The highest BCUT2D eigenvalue weighted by Crippen LogP contribution is 2.52. The third-order valence-electron chi connectivity index (χ3n) is 5.92. The molecule has 1 aromatic carbocycles. The molecule has 1 aromatic rings. The summed E-state index contributed by atoms with van der Waals surface area (Å²) in [6.45, 7) is 4.45. The fourth-order valence-corrected chi connectivity index (χ4v) is 4.65. The molecule has 2 bridgehead atoms. The van der Waals surface area contributed by atoms with Gasteiger partial charge < -0.3 is 20.1 Å². The van der Waals surface area contributed by atoms with E-state index in [2.05, 4.69) is 25.2 Å². The Kier molecular flexibility index (Phi) is 8.59. The van der Waals surface area contributed by atoms with Crippen LogP contribution in [0.2, 0.25) is 0 Å². The monoisotopic (exact) mass is 416 g/mol. The van der Waals surface area contributed by atoms with E-state index in [-0.39, 0.29) is 37.0 Å². The standard InChI is InChI=1S/C22H30N2O3.CH2O2/c1-16(2)11-12-22(21(26)23-14-17-7-5-4-6-8-17)13-18-9-10-19(22)24(18)20(25)15-27-3;2-1-3/h4-8,11,18-19H,9-10,12-15H2,1-3H3,(H,23,26);1H,(H,2,3)/t18-,19+,22+;/m0./s1. The number of amides is 2. The molecule has 3 rings (SSSR count). The second-order valence-corrected chi connectivity index (χ2v) is 8.10. The van der Waals surface area contributed by atoms with Crippen molar-refractivity contribution in [2.45, 2.75) is 58.2 Å². The maximum atomic E-state index is 13.4. The van der Waals surface area contributed by atoms with Gasteiger partial charge >= 0.3 is 0 Å². The first-order chi connectivity index (χ1) is 14.4. The van der Waals surface area contributed by atoms with E-state index >= 15 is 0 Å². The van der Waals surface area contributed by atoms with Crippen LogP contribution < -0.4 is 5.32 Å². The Morgan fingerprint density at radius 3 is 2.53 bits per heavy atom. The number of allylic oxidation sites excluding steroid dienone is 2. The van der Waals surface area contributed by atoms with Crippen molar-refractivity contribution in [2.75, 3.05) is 13.7 Å².